The second kappa shape index (κ2) is 5.56. The monoisotopic (exact) mass is 282 g/mol. The molecule has 1 aromatic heterocycles. The molecule has 1 aromatic carbocycles. The van der Waals surface area contributed by atoms with E-state index in [4.69, 9.17) is 0 Å². The average Bonchev–Trinajstić information content (AvgIpc) is 2.68. The van der Waals surface area contributed by atoms with Crippen LogP contribution in [-0.2, 0) is 13.0 Å². The van der Waals surface area contributed by atoms with E-state index in [1.807, 2.05) is 13.0 Å². The lowest BCUT2D eigenvalue weighted by Crippen LogP contribution is -2.26. The fraction of sp³-hybridized carbons (Fsp3) is 0.294. The first-order valence-corrected chi connectivity index (χ1v) is 7.17. The average molecular weight is 282 g/mol. The van der Waals surface area contributed by atoms with E-state index in [1.54, 1.807) is 12.3 Å². The van der Waals surface area contributed by atoms with Crippen LogP contribution in [0.15, 0.2) is 36.5 Å². The number of anilines is 1. The molecule has 0 fully saturated rings. The van der Waals surface area contributed by atoms with Gasteiger partial charge >= 0.3 is 5.97 Å². The van der Waals surface area contributed by atoms with Crippen LogP contribution in [0.5, 0.6) is 0 Å². The number of aromatic nitrogens is 1. The number of hydrogen-bond donors (Lipinski definition) is 1. The molecule has 0 amide bonds. The molecule has 108 valence electrons. The smallest absolute Gasteiger partial charge is 0.339 e. The molecular formula is C17H18N2O2. The van der Waals surface area contributed by atoms with E-state index in [0.29, 0.717) is 17.9 Å². The maximum absolute atomic E-state index is 11.6. The molecule has 2 heterocycles. The Morgan fingerprint density at radius 3 is 2.76 bits per heavy atom. The Morgan fingerprint density at radius 2 is 2.00 bits per heavy atom. The molecule has 4 nitrogen and oxygen atoms in total. The summed E-state index contributed by atoms with van der Waals surface area (Å²) in [5, 5.41) is 9.48. The molecule has 0 aliphatic carbocycles. The van der Waals surface area contributed by atoms with Crippen molar-refractivity contribution in [2.45, 2.75) is 26.3 Å². The zero-order valence-corrected chi connectivity index (χ0v) is 12.0. The van der Waals surface area contributed by atoms with E-state index in [2.05, 4.69) is 28.1 Å². The van der Waals surface area contributed by atoms with E-state index in [0.717, 1.165) is 24.9 Å². The van der Waals surface area contributed by atoms with Crippen molar-refractivity contribution in [3.05, 3.63) is 58.8 Å². The summed E-state index contributed by atoms with van der Waals surface area (Å²) < 4.78 is 0. The number of fused-ring (bicyclic) bond motifs is 1. The molecule has 2 aromatic rings. The maximum atomic E-state index is 11.6. The summed E-state index contributed by atoms with van der Waals surface area (Å²) in [6, 6.07) is 10.1. The summed E-state index contributed by atoms with van der Waals surface area (Å²) in [7, 11) is 0. The molecule has 1 N–H and O–H groups in total. The van der Waals surface area contributed by atoms with Crippen LogP contribution in [0.25, 0.3) is 0 Å². The van der Waals surface area contributed by atoms with Gasteiger partial charge in [-0.2, -0.15) is 0 Å². The Hall–Kier alpha value is -2.36. The van der Waals surface area contributed by atoms with E-state index >= 15 is 0 Å². The lowest BCUT2D eigenvalue weighted by Gasteiger charge is -2.24. The van der Waals surface area contributed by atoms with Crippen molar-refractivity contribution in [2.75, 3.05) is 11.4 Å². The van der Waals surface area contributed by atoms with Crippen molar-refractivity contribution < 1.29 is 9.90 Å². The summed E-state index contributed by atoms with van der Waals surface area (Å²) in [5.74, 6) is -0.327. The molecule has 4 heteroatoms. The zero-order chi connectivity index (χ0) is 14.8. The number of aromatic carboxylic acids is 1. The van der Waals surface area contributed by atoms with Crippen LogP contribution in [-0.4, -0.2) is 22.6 Å². The minimum atomic E-state index is -0.909. The zero-order valence-electron chi connectivity index (χ0n) is 12.0. The summed E-state index contributed by atoms with van der Waals surface area (Å²) >= 11 is 0. The fourth-order valence-electron chi connectivity index (χ4n) is 2.93. The standard InChI is InChI=1S/C17H18N2O2/c1-12-8-9-18-16(15(12)17(20)21)19-10-4-7-13-5-2-3-6-14(13)11-19/h2-3,5-6,8-9H,4,7,10-11H2,1H3,(H,20,21). The van der Waals surface area contributed by atoms with Gasteiger partial charge < -0.3 is 10.0 Å². The highest BCUT2D eigenvalue weighted by molar-refractivity contribution is 5.95. The van der Waals surface area contributed by atoms with Gasteiger partial charge in [0.1, 0.15) is 11.4 Å². The Labute approximate surface area is 124 Å². The molecule has 1 aliphatic heterocycles. The molecule has 0 unspecified atom stereocenters. The van der Waals surface area contributed by atoms with E-state index in [9.17, 15) is 9.90 Å². The number of carbonyl (C=O) groups is 1. The first-order chi connectivity index (χ1) is 10.2. The minimum Gasteiger partial charge on any atom is -0.478 e. The third-order valence-electron chi connectivity index (χ3n) is 4.01. The minimum absolute atomic E-state index is 0.317. The molecule has 0 bridgehead atoms. The number of rotatable bonds is 2. The van der Waals surface area contributed by atoms with Crippen LogP contribution >= 0.6 is 0 Å². The predicted molar refractivity (Wildman–Crippen MR) is 81.7 cm³/mol. The van der Waals surface area contributed by atoms with Gasteiger partial charge in [0.2, 0.25) is 0 Å². The maximum Gasteiger partial charge on any atom is 0.339 e. The molecule has 1 aliphatic rings. The summed E-state index contributed by atoms with van der Waals surface area (Å²) in [5.41, 5.74) is 3.68. The van der Waals surface area contributed by atoms with Gasteiger partial charge in [0.15, 0.2) is 0 Å². The van der Waals surface area contributed by atoms with Gasteiger partial charge in [0.05, 0.1) is 0 Å². The SMILES string of the molecule is Cc1ccnc(N2CCCc3ccccc3C2)c1C(=O)O. The first kappa shape index (κ1) is 13.6. The van der Waals surface area contributed by atoms with Crippen LogP contribution in [0.3, 0.4) is 0 Å². The number of hydrogen-bond acceptors (Lipinski definition) is 3. The molecule has 3 rings (SSSR count). The number of pyridine rings is 1. The first-order valence-electron chi connectivity index (χ1n) is 7.17. The van der Waals surface area contributed by atoms with Gasteiger partial charge in [-0.15, -0.1) is 0 Å². The number of nitrogens with zero attached hydrogens (tertiary/aromatic N) is 2. The number of benzene rings is 1. The van der Waals surface area contributed by atoms with Crippen molar-refractivity contribution in [1.82, 2.24) is 4.98 Å². The van der Waals surface area contributed by atoms with Gasteiger partial charge in [0, 0.05) is 19.3 Å². The summed E-state index contributed by atoms with van der Waals surface area (Å²) in [4.78, 5) is 18.0. The van der Waals surface area contributed by atoms with Crippen LogP contribution in [0.1, 0.15) is 33.5 Å². The van der Waals surface area contributed by atoms with Crippen molar-refractivity contribution in [3.8, 4) is 0 Å². The molecule has 21 heavy (non-hydrogen) atoms. The Balaban J connectivity index is 2.02. The Kier molecular flexibility index (Phi) is 3.60. The molecule has 0 atom stereocenters. The molecule has 0 radical (unpaired) electrons. The summed E-state index contributed by atoms with van der Waals surface area (Å²) in [6.07, 6.45) is 3.72. The third-order valence-corrected chi connectivity index (χ3v) is 4.01. The quantitative estimate of drug-likeness (QED) is 0.920. The van der Waals surface area contributed by atoms with E-state index in [-0.39, 0.29) is 0 Å². The second-order valence-electron chi connectivity index (χ2n) is 5.43. The molecule has 0 saturated carbocycles. The van der Waals surface area contributed by atoms with E-state index in [1.165, 1.54) is 11.1 Å². The highest BCUT2D eigenvalue weighted by atomic mass is 16.4. The second-order valence-corrected chi connectivity index (χ2v) is 5.43. The molecule has 0 saturated heterocycles. The lowest BCUT2D eigenvalue weighted by atomic mass is 10.0. The number of carboxylic acid groups (broad SMARTS) is 1. The van der Waals surface area contributed by atoms with Crippen LogP contribution in [0.4, 0.5) is 5.82 Å². The van der Waals surface area contributed by atoms with Crippen LogP contribution < -0.4 is 4.90 Å². The predicted octanol–water partition coefficient (Wildman–Crippen LogP) is 3.04. The lowest BCUT2D eigenvalue weighted by molar-refractivity contribution is 0.0696. The largest absolute Gasteiger partial charge is 0.478 e. The Bertz CT molecular complexity index is 682. The highest BCUT2D eigenvalue weighted by Crippen LogP contribution is 2.26. The molecule has 0 spiro atoms. The van der Waals surface area contributed by atoms with Gasteiger partial charge in [-0.05, 0) is 42.5 Å². The van der Waals surface area contributed by atoms with Crippen molar-refractivity contribution in [2.24, 2.45) is 0 Å². The van der Waals surface area contributed by atoms with Crippen molar-refractivity contribution >= 4 is 11.8 Å². The van der Waals surface area contributed by atoms with Gasteiger partial charge in [-0.25, -0.2) is 9.78 Å². The van der Waals surface area contributed by atoms with Gasteiger partial charge in [-0.1, -0.05) is 24.3 Å². The highest BCUT2D eigenvalue weighted by Gasteiger charge is 2.22. The van der Waals surface area contributed by atoms with Crippen LogP contribution in [0.2, 0.25) is 0 Å². The van der Waals surface area contributed by atoms with Crippen LogP contribution in [0, 0.1) is 6.92 Å². The van der Waals surface area contributed by atoms with E-state index < -0.39 is 5.97 Å². The fourth-order valence-corrected chi connectivity index (χ4v) is 2.93. The Morgan fingerprint density at radius 1 is 1.24 bits per heavy atom. The van der Waals surface area contributed by atoms with Gasteiger partial charge in [0.25, 0.3) is 0 Å². The normalized spacial score (nSPS) is 14.4. The molecular weight excluding hydrogens is 264 g/mol. The topological polar surface area (TPSA) is 53.4 Å². The van der Waals surface area contributed by atoms with Gasteiger partial charge in [-0.3, -0.25) is 0 Å². The third kappa shape index (κ3) is 2.61. The number of aryl methyl sites for hydroxylation is 2. The van der Waals surface area contributed by atoms with Crippen molar-refractivity contribution in [3.63, 3.8) is 0 Å². The van der Waals surface area contributed by atoms with Crippen molar-refractivity contribution in [1.29, 1.82) is 0 Å². The number of carboxylic acids is 1. The summed E-state index contributed by atoms with van der Waals surface area (Å²) in [6.45, 7) is 3.36.